The Bertz CT molecular complexity index is 768. The second-order valence-electron chi connectivity index (χ2n) is 5.37. The number of aryl methyl sites for hydroxylation is 1. The van der Waals surface area contributed by atoms with Gasteiger partial charge in [-0.1, -0.05) is 6.07 Å². The van der Waals surface area contributed by atoms with Crippen LogP contribution in [0, 0.1) is 6.92 Å². The Balaban J connectivity index is 1.79. The highest BCUT2D eigenvalue weighted by atomic mass is 16.7. The first kappa shape index (κ1) is 16.1. The standard InChI is InChI=1S/C17H18N2O5/c1-3-23-18-17(21)15-7-5-12(24-15)9-19-13-8-11(2)4-6-14(13)22-10-16(19)20/h4-8H,3,9-10H2,1-2H3,(H,18,21). The Kier molecular flexibility index (Phi) is 4.52. The summed E-state index contributed by atoms with van der Waals surface area (Å²) >= 11 is 0. The lowest BCUT2D eigenvalue weighted by Gasteiger charge is -2.29. The van der Waals surface area contributed by atoms with Crippen LogP contribution in [-0.4, -0.2) is 25.0 Å². The Labute approximate surface area is 139 Å². The zero-order valence-corrected chi connectivity index (χ0v) is 13.5. The van der Waals surface area contributed by atoms with Crippen LogP contribution in [0.15, 0.2) is 34.7 Å². The molecular weight excluding hydrogens is 312 g/mol. The Hall–Kier alpha value is -2.80. The Morgan fingerprint density at radius 2 is 2.17 bits per heavy atom. The van der Waals surface area contributed by atoms with Crippen molar-refractivity contribution in [3.05, 3.63) is 47.4 Å². The summed E-state index contributed by atoms with van der Waals surface area (Å²) in [5.41, 5.74) is 3.98. The highest BCUT2D eigenvalue weighted by Crippen LogP contribution is 2.34. The van der Waals surface area contributed by atoms with Crippen molar-refractivity contribution in [1.29, 1.82) is 0 Å². The summed E-state index contributed by atoms with van der Waals surface area (Å²) in [6.07, 6.45) is 0. The van der Waals surface area contributed by atoms with Crippen molar-refractivity contribution in [2.75, 3.05) is 18.1 Å². The first-order chi connectivity index (χ1) is 11.6. The van der Waals surface area contributed by atoms with Crippen molar-refractivity contribution >= 4 is 17.5 Å². The van der Waals surface area contributed by atoms with Gasteiger partial charge in [-0.05, 0) is 43.7 Å². The average molecular weight is 330 g/mol. The number of hydrogen-bond acceptors (Lipinski definition) is 5. The maximum absolute atomic E-state index is 12.2. The molecule has 1 aromatic heterocycles. The summed E-state index contributed by atoms with van der Waals surface area (Å²) in [6, 6.07) is 8.87. The molecule has 2 amide bonds. The van der Waals surface area contributed by atoms with Crippen LogP contribution in [0.4, 0.5) is 5.69 Å². The van der Waals surface area contributed by atoms with Gasteiger partial charge < -0.3 is 9.15 Å². The third-order valence-electron chi connectivity index (χ3n) is 3.57. The number of benzene rings is 1. The van der Waals surface area contributed by atoms with E-state index in [-0.39, 0.29) is 24.8 Å². The SMILES string of the molecule is CCONC(=O)c1ccc(CN2C(=O)COc3ccc(C)cc32)o1. The molecule has 0 saturated heterocycles. The monoisotopic (exact) mass is 330 g/mol. The second kappa shape index (κ2) is 6.76. The Morgan fingerprint density at radius 1 is 1.33 bits per heavy atom. The number of carbonyl (C=O) groups excluding carboxylic acids is 2. The van der Waals surface area contributed by atoms with Gasteiger partial charge in [-0.2, -0.15) is 0 Å². The lowest BCUT2D eigenvalue weighted by Crippen LogP contribution is -2.38. The van der Waals surface area contributed by atoms with E-state index >= 15 is 0 Å². The van der Waals surface area contributed by atoms with Gasteiger partial charge in [-0.15, -0.1) is 0 Å². The van der Waals surface area contributed by atoms with Crippen molar-refractivity contribution in [1.82, 2.24) is 5.48 Å². The third-order valence-corrected chi connectivity index (χ3v) is 3.57. The fraction of sp³-hybridized carbons (Fsp3) is 0.294. The van der Waals surface area contributed by atoms with Crippen molar-refractivity contribution in [2.45, 2.75) is 20.4 Å². The largest absolute Gasteiger partial charge is 0.482 e. The minimum atomic E-state index is -0.465. The molecule has 7 nitrogen and oxygen atoms in total. The molecule has 0 atom stereocenters. The van der Waals surface area contributed by atoms with Crippen LogP contribution in [0.2, 0.25) is 0 Å². The minimum absolute atomic E-state index is 0.0194. The van der Waals surface area contributed by atoms with E-state index in [2.05, 4.69) is 5.48 Å². The van der Waals surface area contributed by atoms with Gasteiger partial charge in [0.05, 0.1) is 18.8 Å². The maximum atomic E-state index is 12.2. The smallest absolute Gasteiger partial charge is 0.310 e. The fourth-order valence-corrected chi connectivity index (χ4v) is 2.41. The van der Waals surface area contributed by atoms with Crippen molar-refractivity contribution in [3.63, 3.8) is 0 Å². The van der Waals surface area contributed by atoms with Gasteiger partial charge in [0.1, 0.15) is 11.5 Å². The fourth-order valence-electron chi connectivity index (χ4n) is 2.41. The average Bonchev–Trinajstić information content (AvgIpc) is 3.04. The van der Waals surface area contributed by atoms with E-state index in [0.29, 0.717) is 23.8 Å². The van der Waals surface area contributed by atoms with Crippen LogP contribution in [0.5, 0.6) is 5.75 Å². The zero-order valence-electron chi connectivity index (χ0n) is 13.5. The summed E-state index contributed by atoms with van der Waals surface area (Å²) in [6.45, 7) is 4.27. The molecule has 7 heteroatoms. The molecule has 126 valence electrons. The van der Waals surface area contributed by atoms with Gasteiger partial charge >= 0.3 is 5.91 Å². The molecule has 0 unspecified atom stereocenters. The quantitative estimate of drug-likeness (QED) is 0.850. The molecule has 0 bridgehead atoms. The number of nitrogens with one attached hydrogen (secondary N) is 1. The summed E-state index contributed by atoms with van der Waals surface area (Å²) in [5.74, 6) is 0.654. The lowest BCUT2D eigenvalue weighted by atomic mass is 10.1. The third kappa shape index (κ3) is 3.26. The number of nitrogens with zero attached hydrogens (tertiary/aromatic N) is 1. The van der Waals surface area contributed by atoms with Crippen LogP contribution >= 0.6 is 0 Å². The zero-order chi connectivity index (χ0) is 17.1. The number of anilines is 1. The number of fused-ring (bicyclic) bond motifs is 1. The van der Waals surface area contributed by atoms with Crippen molar-refractivity contribution < 1.29 is 23.6 Å². The predicted octanol–water partition coefficient (Wildman–Crippen LogP) is 2.19. The van der Waals surface area contributed by atoms with Gasteiger partial charge in [0.15, 0.2) is 12.4 Å². The van der Waals surface area contributed by atoms with Crippen molar-refractivity contribution in [2.24, 2.45) is 0 Å². The molecule has 24 heavy (non-hydrogen) atoms. The highest BCUT2D eigenvalue weighted by Gasteiger charge is 2.26. The van der Waals surface area contributed by atoms with E-state index in [9.17, 15) is 9.59 Å². The summed E-state index contributed by atoms with van der Waals surface area (Å²) in [7, 11) is 0. The lowest BCUT2D eigenvalue weighted by molar-refractivity contribution is -0.121. The number of rotatable bonds is 5. The topological polar surface area (TPSA) is 81.0 Å². The minimum Gasteiger partial charge on any atom is -0.482 e. The first-order valence-corrected chi connectivity index (χ1v) is 7.63. The van der Waals surface area contributed by atoms with Gasteiger partial charge in [0.25, 0.3) is 5.91 Å². The van der Waals surface area contributed by atoms with Gasteiger partial charge in [-0.3, -0.25) is 19.3 Å². The predicted molar refractivity (Wildman–Crippen MR) is 85.7 cm³/mol. The molecule has 2 aromatic rings. The number of amides is 2. The number of ether oxygens (including phenoxy) is 1. The van der Waals surface area contributed by atoms with Gasteiger partial charge in [0.2, 0.25) is 0 Å². The van der Waals surface area contributed by atoms with Crippen molar-refractivity contribution in [3.8, 4) is 5.75 Å². The molecule has 2 heterocycles. The molecule has 1 aliphatic heterocycles. The number of furan rings is 1. The number of hydroxylamine groups is 1. The second-order valence-corrected chi connectivity index (χ2v) is 5.37. The van der Waals surface area contributed by atoms with E-state index in [0.717, 1.165) is 5.56 Å². The molecule has 3 rings (SSSR count). The van der Waals surface area contributed by atoms with E-state index < -0.39 is 5.91 Å². The molecule has 0 aliphatic carbocycles. The van der Waals surface area contributed by atoms with E-state index in [1.165, 1.54) is 0 Å². The Morgan fingerprint density at radius 3 is 2.96 bits per heavy atom. The summed E-state index contributed by atoms with van der Waals surface area (Å²) < 4.78 is 11.0. The van der Waals surface area contributed by atoms with Gasteiger partial charge in [-0.25, -0.2) is 5.48 Å². The van der Waals surface area contributed by atoms with Crippen LogP contribution < -0.4 is 15.1 Å². The molecule has 0 saturated carbocycles. The molecule has 1 aromatic carbocycles. The van der Waals surface area contributed by atoms with Crippen LogP contribution in [0.25, 0.3) is 0 Å². The number of hydrogen-bond donors (Lipinski definition) is 1. The molecule has 1 aliphatic rings. The molecule has 0 spiro atoms. The normalized spacial score (nSPS) is 13.4. The first-order valence-electron chi connectivity index (χ1n) is 7.63. The summed E-state index contributed by atoms with van der Waals surface area (Å²) in [4.78, 5) is 30.4. The molecule has 0 fully saturated rings. The molecular formula is C17H18N2O5. The number of carbonyl (C=O) groups is 2. The van der Waals surface area contributed by atoms with Gasteiger partial charge in [0, 0.05) is 0 Å². The highest BCUT2D eigenvalue weighted by molar-refractivity contribution is 5.97. The maximum Gasteiger partial charge on any atom is 0.310 e. The molecule has 0 radical (unpaired) electrons. The van der Waals surface area contributed by atoms with Crippen LogP contribution in [0.3, 0.4) is 0 Å². The van der Waals surface area contributed by atoms with Crippen LogP contribution in [0.1, 0.15) is 28.8 Å². The van der Waals surface area contributed by atoms with E-state index in [1.807, 2.05) is 25.1 Å². The van der Waals surface area contributed by atoms with E-state index in [4.69, 9.17) is 14.0 Å². The summed E-state index contributed by atoms with van der Waals surface area (Å²) in [5, 5.41) is 0. The van der Waals surface area contributed by atoms with E-state index in [1.54, 1.807) is 24.0 Å². The van der Waals surface area contributed by atoms with Crippen LogP contribution in [-0.2, 0) is 16.2 Å². The molecule has 1 N–H and O–H groups in total.